The number of nitrogens with zero attached hydrogens (tertiary/aromatic N) is 3. The fourth-order valence-corrected chi connectivity index (χ4v) is 3.63. The van der Waals surface area contributed by atoms with Gasteiger partial charge in [0.2, 0.25) is 0 Å². The molecular formula is C22H25ClN4O2. The van der Waals surface area contributed by atoms with Crippen LogP contribution in [0.1, 0.15) is 50.0 Å². The van der Waals surface area contributed by atoms with Crippen molar-refractivity contribution in [3.63, 3.8) is 0 Å². The number of aromatic nitrogens is 3. The quantitative estimate of drug-likeness (QED) is 0.565. The third-order valence-corrected chi connectivity index (χ3v) is 5.42. The predicted octanol–water partition coefficient (Wildman–Crippen LogP) is 4.63. The van der Waals surface area contributed by atoms with E-state index in [0.717, 1.165) is 18.4 Å². The lowest BCUT2D eigenvalue weighted by Gasteiger charge is -2.26. The molecule has 7 heteroatoms. The Kier molecular flexibility index (Phi) is 7.01. The number of nitrogens with one attached hydrogen (secondary N) is 1. The van der Waals surface area contributed by atoms with Crippen LogP contribution < -0.4 is 5.32 Å². The van der Waals surface area contributed by atoms with Gasteiger partial charge in [0.05, 0.1) is 6.04 Å². The first-order chi connectivity index (χ1) is 14.0. The Hall–Kier alpha value is -2.70. The number of carbonyl (C=O) groups excluding carboxylic acids is 1. The van der Waals surface area contributed by atoms with Crippen LogP contribution in [-0.2, 0) is 4.79 Å². The third-order valence-electron chi connectivity index (χ3n) is 5.17. The van der Waals surface area contributed by atoms with Crippen LogP contribution in [0, 0.1) is 5.92 Å². The van der Waals surface area contributed by atoms with Crippen molar-refractivity contribution >= 4 is 23.2 Å². The molecule has 0 bridgehead atoms. The molecule has 3 aromatic rings. The lowest BCUT2D eigenvalue weighted by molar-refractivity contribution is -0.124. The van der Waals surface area contributed by atoms with Crippen LogP contribution in [-0.4, -0.2) is 25.8 Å². The van der Waals surface area contributed by atoms with Gasteiger partial charge < -0.3 is 10.4 Å². The van der Waals surface area contributed by atoms with E-state index in [9.17, 15) is 9.90 Å². The van der Waals surface area contributed by atoms with Gasteiger partial charge in [-0.3, -0.25) is 4.79 Å². The summed E-state index contributed by atoms with van der Waals surface area (Å²) in [5.41, 5.74) is 2.21. The minimum atomic E-state index is -1.26. The van der Waals surface area contributed by atoms with Gasteiger partial charge in [-0.15, -0.1) is 0 Å². The molecule has 0 aliphatic heterocycles. The van der Waals surface area contributed by atoms with Crippen LogP contribution in [0.3, 0.4) is 0 Å². The number of amides is 1. The molecule has 152 valence electrons. The van der Waals surface area contributed by atoms with Crippen molar-refractivity contribution in [2.75, 3.05) is 5.32 Å². The van der Waals surface area contributed by atoms with Gasteiger partial charge in [0.1, 0.15) is 12.7 Å². The van der Waals surface area contributed by atoms with E-state index in [2.05, 4.69) is 29.2 Å². The van der Waals surface area contributed by atoms with Crippen LogP contribution in [0.2, 0.25) is 5.02 Å². The molecule has 1 aromatic heterocycles. The summed E-state index contributed by atoms with van der Waals surface area (Å²) in [7, 11) is 0. The monoisotopic (exact) mass is 412 g/mol. The normalized spacial score (nSPS) is 13.3. The SMILES string of the molecule is CCC(CC)[C@H](c1ccc(NC(=O)C(O)c2ccc(Cl)cc2)cc1)n1cncn1. The van der Waals surface area contributed by atoms with E-state index in [4.69, 9.17) is 11.6 Å². The molecule has 6 nitrogen and oxygen atoms in total. The maximum Gasteiger partial charge on any atom is 0.257 e. The number of aliphatic hydroxyl groups is 1. The summed E-state index contributed by atoms with van der Waals surface area (Å²) in [5.74, 6) is -0.0724. The number of hydrogen-bond acceptors (Lipinski definition) is 4. The molecule has 0 spiro atoms. The topological polar surface area (TPSA) is 80.0 Å². The molecule has 2 aromatic carbocycles. The highest BCUT2D eigenvalue weighted by atomic mass is 35.5. The van der Waals surface area contributed by atoms with Crippen LogP contribution in [0.25, 0.3) is 0 Å². The summed E-state index contributed by atoms with van der Waals surface area (Å²) in [6.45, 7) is 4.34. The first kappa shape index (κ1) is 21.0. The molecule has 0 fully saturated rings. The standard InChI is InChI=1S/C22H25ClN4O2/c1-3-15(4-2)20(27-14-24-13-25-27)16-7-11-19(12-8-16)26-22(29)21(28)17-5-9-18(23)10-6-17/h5-15,20-21,28H,3-4H2,1-2H3,(H,26,29)/t20-,21?/m1/s1. The second kappa shape index (κ2) is 9.67. The van der Waals surface area contributed by atoms with Crippen molar-refractivity contribution < 1.29 is 9.90 Å². The molecule has 3 rings (SSSR count). The number of carbonyl (C=O) groups is 1. The Morgan fingerprint density at radius 3 is 2.24 bits per heavy atom. The Balaban J connectivity index is 1.74. The van der Waals surface area contributed by atoms with Gasteiger partial charge in [-0.25, -0.2) is 9.67 Å². The number of anilines is 1. The van der Waals surface area contributed by atoms with Crippen molar-refractivity contribution in [1.29, 1.82) is 0 Å². The van der Waals surface area contributed by atoms with Crippen LogP contribution in [0.5, 0.6) is 0 Å². The van der Waals surface area contributed by atoms with Crippen molar-refractivity contribution in [3.8, 4) is 0 Å². The average Bonchev–Trinajstić information content (AvgIpc) is 3.27. The first-order valence-corrected chi connectivity index (χ1v) is 10.1. The molecule has 1 unspecified atom stereocenters. The maximum absolute atomic E-state index is 12.4. The van der Waals surface area contributed by atoms with E-state index in [0.29, 0.717) is 22.2 Å². The molecule has 0 saturated heterocycles. The summed E-state index contributed by atoms with van der Waals surface area (Å²) >= 11 is 5.85. The maximum atomic E-state index is 12.4. The summed E-state index contributed by atoms with van der Waals surface area (Å²) in [6.07, 6.45) is 4.06. The van der Waals surface area contributed by atoms with Crippen LogP contribution in [0.4, 0.5) is 5.69 Å². The van der Waals surface area contributed by atoms with Crippen LogP contribution >= 0.6 is 11.6 Å². The Labute approximate surface area is 175 Å². The predicted molar refractivity (Wildman–Crippen MR) is 114 cm³/mol. The van der Waals surface area contributed by atoms with Crippen molar-refractivity contribution in [3.05, 3.63) is 77.3 Å². The molecule has 1 heterocycles. The van der Waals surface area contributed by atoms with Gasteiger partial charge >= 0.3 is 0 Å². The van der Waals surface area contributed by atoms with Gasteiger partial charge in [0.25, 0.3) is 5.91 Å². The van der Waals surface area contributed by atoms with E-state index in [1.165, 1.54) is 0 Å². The molecular weight excluding hydrogens is 388 g/mol. The number of hydrogen-bond donors (Lipinski definition) is 2. The van der Waals surface area contributed by atoms with Gasteiger partial charge in [-0.05, 0) is 41.3 Å². The minimum absolute atomic E-state index is 0.0805. The number of benzene rings is 2. The third kappa shape index (κ3) is 5.02. The highest BCUT2D eigenvalue weighted by Gasteiger charge is 2.23. The van der Waals surface area contributed by atoms with E-state index < -0.39 is 12.0 Å². The molecule has 29 heavy (non-hydrogen) atoms. The van der Waals surface area contributed by atoms with E-state index in [-0.39, 0.29) is 6.04 Å². The van der Waals surface area contributed by atoms with E-state index in [1.54, 1.807) is 36.9 Å². The largest absolute Gasteiger partial charge is 0.378 e. The number of aliphatic hydroxyl groups excluding tert-OH is 1. The molecule has 0 saturated carbocycles. The van der Waals surface area contributed by atoms with Gasteiger partial charge in [-0.1, -0.05) is 62.6 Å². The Bertz CT molecular complexity index is 907. The van der Waals surface area contributed by atoms with Crippen molar-refractivity contribution in [1.82, 2.24) is 14.8 Å². The zero-order chi connectivity index (χ0) is 20.8. The van der Waals surface area contributed by atoms with Crippen molar-refractivity contribution in [2.24, 2.45) is 5.92 Å². The summed E-state index contributed by atoms with van der Waals surface area (Å²) in [6, 6.07) is 14.3. The van der Waals surface area contributed by atoms with Crippen molar-refractivity contribution in [2.45, 2.75) is 38.8 Å². The molecule has 0 aliphatic carbocycles. The lowest BCUT2D eigenvalue weighted by Crippen LogP contribution is -2.22. The lowest BCUT2D eigenvalue weighted by atomic mass is 9.89. The van der Waals surface area contributed by atoms with Gasteiger partial charge in [0.15, 0.2) is 6.10 Å². The van der Waals surface area contributed by atoms with Gasteiger partial charge in [0, 0.05) is 10.7 Å². The summed E-state index contributed by atoms with van der Waals surface area (Å²) in [5, 5.41) is 17.9. The fourth-order valence-electron chi connectivity index (χ4n) is 3.51. The van der Waals surface area contributed by atoms with E-state index >= 15 is 0 Å². The van der Waals surface area contributed by atoms with Gasteiger partial charge in [-0.2, -0.15) is 5.10 Å². The highest BCUT2D eigenvalue weighted by molar-refractivity contribution is 6.30. The smallest absolute Gasteiger partial charge is 0.257 e. The zero-order valence-corrected chi connectivity index (χ0v) is 17.3. The average molecular weight is 413 g/mol. The molecule has 1 amide bonds. The first-order valence-electron chi connectivity index (χ1n) is 9.72. The minimum Gasteiger partial charge on any atom is -0.378 e. The second-order valence-corrected chi connectivity index (χ2v) is 7.40. The Morgan fingerprint density at radius 1 is 1.07 bits per heavy atom. The second-order valence-electron chi connectivity index (χ2n) is 6.96. The molecule has 2 N–H and O–H groups in total. The highest BCUT2D eigenvalue weighted by Crippen LogP contribution is 2.31. The van der Waals surface area contributed by atoms with Crippen LogP contribution in [0.15, 0.2) is 61.2 Å². The molecule has 0 aliphatic rings. The fraction of sp³-hybridized carbons (Fsp3) is 0.318. The number of rotatable bonds is 8. The van der Waals surface area contributed by atoms with E-state index in [1.807, 2.05) is 28.9 Å². The summed E-state index contributed by atoms with van der Waals surface area (Å²) in [4.78, 5) is 16.5. The Morgan fingerprint density at radius 2 is 1.69 bits per heavy atom. The summed E-state index contributed by atoms with van der Waals surface area (Å²) < 4.78 is 1.88. The number of halogens is 1. The zero-order valence-electron chi connectivity index (χ0n) is 16.5. The molecule has 0 radical (unpaired) electrons. The molecule has 2 atom stereocenters.